The molecule has 0 aliphatic carbocycles. The Morgan fingerprint density at radius 2 is 1.85 bits per heavy atom. The van der Waals surface area contributed by atoms with E-state index in [0.29, 0.717) is 17.2 Å². The molecule has 0 bridgehead atoms. The Labute approximate surface area is 146 Å². The molecule has 0 unspecified atom stereocenters. The molecule has 5 nitrogen and oxygen atoms in total. The van der Waals surface area contributed by atoms with Crippen molar-refractivity contribution < 1.29 is 22.5 Å². The zero-order valence-electron chi connectivity index (χ0n) is 13.3. The maximum atomic E-state index is 13.2. The van der Waals surface area contributed by atoms with Crippen LogP contribution in [0.4, 0.5) is 8.78 Å². The molecule has 0 saturated heterocycles. The fraction of sp³-hybridized carbons (Fsp3) is 0.0526. The second-order valence-corrected chi connectivity index (χ2v) is 5.64. The van der Waals surface area contributed by atoms with Gasteiger partial charge in [0.1, 0.15) is 11.3 Å². The minimum Gasteiger partial charge on any atom is -0.453 e. The van der Waals surface area contributed by atoms with E-state index in [4.69, 9.17) is 8.94 Å². The van der Waals surface area contributed by atoms with Crippen molar-refractivity contribution in [2.75, 3.05) is 0 Å². The number of fused-ring (bicyclic) bond motifs is 1. The van der Waals surface area contributed by atoms with E-state index in [1.165, 1.54) is 6.07 Å². The normalized spacial score (nSPS) is 11.0. The fourth-order valence-corrected chi connectivity index (χ4v) is 2.52. The highest BCUT2D eigenvalue weighted by Crippen LogP contribution is 2.28. The minimum absolute atomic E-state index is 0.0184. The van der Waals surface area contributed by atoms with Gasteiger partial charge in [-0.3, -0.25) is 4.79 Å². The first-order chi connectivity index (χ1) is 12.6. The predicted molar refractivity (Wildman–Crippen MR) is 89.2 cm³/mol. The summed E-state index contributed by atoms with van der Waals surface area (Å²) in [6.07, 6.45) is 0. The lowest BCUT2D eigenvalue weighted by molar-refractivity contribution is 0.0949. The predicted octanol–water partition coefficient (Wildman–Crippen LogP) is 4.30. The number of benzene rings is 2. The maximum Gasteiger partial charge on any atom is 0.251 e. The van der Waals surface area contributed by atoms with Crippen LogP contribution >= 0.6 is 0 Å². The van der Waals surface area contributed by atoms with Crippen molar-refractivity contribution in [3.63, 3.8) is 0 Å². The van der Waals surface area contributed by atoms with Crippen LogP contribution in [0.5, 0.6) is 0 Å². The molecule has 7 heteroatoms. The molecule has 0 fully saturated rings. The van der Waals surface area contributed by atoms with Crippen LogP contribution in [0.25, 0.3) is 22.5 Å². The lowest BCUT2D eigenvalue weighted by Gasteiger charge is -2.03. The van der Waals surface area contributed by atoms with Crippen LogP contribution < -0.4 is 5.32 Å². The molecule has 26 heavy (non-hydrogen) atoms. The number of nitrogens with zero attached hydrogens (tertiary/aromatic N) is 1. The van der Waals surface area contributed by atoms with Gasteiger partial charge in [-0.2, -0.15) is 0 Å². The summed E-state index contributed by atoms with van der Waals surface area (Å²) in [5.41, 5.74) is 1.22. The average Bonchev–Trinajstić information content (AvgIpc) is 3.28. The Bertz CT molecular complexity index is 1070. The van der Waals surface area contributed by atoms with E-state index in [-0.39, 0.29) is 12.1 Å². The number of carbonyl (C=O) groups is 1. The fourth-order valence-electron chi connectivity index (χ4n) is 2.52. The average molecular weight is 354 g/mol. The summed E-state index contributed by atoms with van der Waals surface area (Å²) in [5.74, 6) is -1.67. The van der Waals surface area contributed by atoms with Crippen molar-refractivity contribution in [2.45, 2.75) is 6.54 Å². The van der Waals surface area contributed by atoms with E-state index in [0.717, 1.165) is 23.1 Å². The number of halogens is 2. The number of nitrogens with one attached hydrogen (secondary N) is 1. The van der Waals surface area contributed by atoms with Gasteiger partial charge in [0.05, 0.1) is 6.54 Å². The first-order valence-corrected chi connectivity index (χ1v) is 7.78. The van der Waals surface area contributed by atoms with Crippen molar-refractivity contribution in [2.24, 2.45) is 0 Å². The van der Waals surface area contributed by atoms with Gasteiger partial charge in [-0.25, -0.2) is 8.78 Å². The SMILES string of the molecule is O=C(NCc1cc(-c2cc3ccccc3o2)on1)c1ccc(F)c(F)c1. The number of hydrogen-bond donors (Lipinski definition) is 1. The van der Waals surface area contributed by atoms with E-state index in [1.807, 2.05) is 30.3 Å². The number of carbonyl (C=O) groups excluding carboxylic acids is 1. The number of hydrogen-bond acceptors (Lipinski definition) is 4. The summed E-state index contributed by atoms with van der Waals surface area (Å²) in [4.78, 5) is 12.0. The number of para-hydroxylation sites is 1. The lowest BCUT2D eigenvalue weighted by atomic mass is 10.2. The summed E-state index contributed by atoms with van der Waals surface area (Å²) in [6, 6.07) is 14.0. The van der Waals surface area contributed by atoms with Gasteiger partial charge in [0.25, 0.3) is 5.91 Å². The molecule has 0 atom stereocenters. The molecule has 0 spiro atoms. The van der Waals surface area contributed by atoms with E-state index >= 15 is 0 Å². The standard InChI is InChI=1S/C19H12F2N2O3/c20-14-6-5-12(7-15(14)21)19(24)22-10-13-9-18(26-23-13)17-8-11-3-1-2-4-16(11)25-17/h1-9H,10H2,(H,22,24). The Hall–Kier alpha value is -3.48. The highest BCUT2D eigenvalue weighted by Gasteiger charge is 2.14. The van der Waals surface area contributed by atoms with Gasteiger partial charge in [0.2, 0.25) is 5.76 Å². The third-order valence-corrected chi connectivity index (χ3v) is 3.84. The largest absolute Gasteiger partial charge is 0.453 e. The molecular formula is C19H12F2N2O3. The Kier molecular flexibility index (Phi) is 3.96. The molecule has 2 aromatic carbocycles. The molecule has 1 N–H and O–H groups in total. The molecular weight excluding hydrogens is 342 g/mol. The topological polar surface area (TPSA) is 68.3 Å². The van der Waals surface area contributed by atoms with Gasteiger partial charge in [-0.1, -0.05) is 23.4 Å². The van der Waals surface area contributed by atoms with Crippen LogP contribution in [0.2, 0.25) is 0 Å². The lowest BCUT2D eigenvalue weighted by Crippen LogP contribution is -2.23. The zero-order valence-corrected chi connectivity index (χ0v) is 13.3. The molecule has 2 heterocycles. The third kappa shape index (κ3) is 3.06. The second kappa shape index (κ2) is 6.44. The van der Waals surface area contributed by atoms with Crippen LogP contribution in [-0.2, 0) is 6.54 Å². The molecule has 130 valence electrons. The first kappa shape index (κ1) is 16.0. The summed E-state index contributed by atoms with van der Waals surface area (Å²) in [7, 11) is 0. The van der Waals surface area contributed by atoms with Crippen LogP contribution in [0, 0.1) is 11.6 Å². The molecule has 4 aromatic rings. The molecule has 0 saturated carbocycles. The number of amides is 1. The third-order valence-electron chi connectivity index (χ3n) is 3.84. The van der Waals surface area contributed by atoms with Crippen molar-refractivity contribution >= 4 is 16.9 Å². The van der Waals surface area contributed by atoms with Crippen molar-refractivity contribution in [1.82, 2.24) is 10.5 Å². The van der Waals surface area contributed by atoms with Gasteiger partial charge < -0.3 is 14.3 Å². The van der Waals surface area contributed by atoms with Crippen molar-refractivity contribution in [3.05, 3.63) is 77.5 Å². The second-order valence-electron chi connectivity index (χ2n) is 5.64. The zero-order chi connectivity index (χ0) is 18.1. The molecule has 4 rings (SSSR count). The van der Waals surface area contributed by atoms with Gasteiger partial charge in [0, 0.05) is 17.0 Å². The van der Waals surface area contributed by atoms with Crippen LogP contribution in [0.1, 0.15) is 16.1 Å². The van der Waals surface area contributed by atoms with Gasteiger partial charge in [-0.15, -0.1) is 0 Å². The summed E-state index contributed by atoms with van der Waals surface area (Å²) >= 11 is 0. The highest BCUT2D eigenvalue weighted by molar-refractivity contribution is 5.94. The van der Waals surface area contributed by atoms with Crippen LogP contribution in [0.15, 0.2) is 63.5 Å². The van der Waals surface area contributed by atoms with Gasteiger partial charge in [0.15, 0.2) is 17.4 Å². The van der Waals surface area contributed by atoms with Crippen molar-refractivity contribution in [3.8, 4) is 11.5 Å². The summed E-state index contributed by atoms with van der Waals surface area (Å²) < 4.78 is 37.0. The van der Waals surface area contributed by atoms with Gasteiger partial charge in [-0.05, 0) is 30.3 Å². The van der Waals surface area contributed by atoms with E-state index < -0.39 is 17.5 Å². The Morgan fingerprint density at radius 1 is 1.00 bits per heavy atom. The first-order valence-electron chi connectivity index (χ1n) is 7.78. The van der Waals surface area contributed by atoms with Crippen LogP contribution in [-0.4, -0.2) is 11.1 Å². The van der Waals surface area contributed by atoms with Gasteiger partial charge >= 0.3 is 0 Å². The number of furan rings is 1. The smallest absolute Gasteiger partial charge is 0.251 e. The highest BCUT2D eigenvalue weighted by atomic mass is 19.2. The van der Waals surface area contributed by atoms with Crippen molar-refractivity contribution in [1.29, 1.82) is 0 Å². The van der Waals surface area contributed by atoms with E-state index in [9.17, 15) is 13.6 Å². The van der Waals surface area contributed by atoms with E-state index in [2.05, 4.69) is 10.5 Å². The molecule has 0 aliphatic rings. The molecule has 2 aromatic heterocycles. The van der Waals surface area contributed by atoms with E-state index in [1.54, 1.807) is 6.07 Å². The monoisotopic (exact) mass is 354 g/mol. The Balaban J connectivity index is 1.46. The summed E-state index contributed by atoms with van der Waals surface area (Å²) in [5, 5.41) is 7.39. The van der Waals surface area contributed by atoms with Crippen LogP contribution in [0.3, 0.4) is 0 Å². The summed E-state index contributed by atoms with van der Waals surface area (Å²) in [6.45, 7) is 0.0710. The molecule has 0 aliphatic heterocycles. The Morgan fingerprint density at radius 3 is 2.65 bits per heavy atom. The number of rotatable bonds is 4. The quantitative estimate of drug-likeness (QED) is 0.593. The minimum atomic E-state index is -1.08. The molecule has 1 amide bonds. The maximum absolute atomic E-state index is 13.2. The molecule has 0 radical (unpaired) electrons. The number of aromatic nitrogens is 1.